The van der Waals surface area contributed by atoms with Crippen molar-refractivity contribution in [3.63, 3.8) is 0 Å². The average molecular weight is 336 g/mol. The number of benzene rings is 1. The Labute approximate surface area is 139 Å². The third-order valence-corrected chi connectivity index (χ3v) is 4.06. The Bertz CT molecular complexity index is 666. The van der Waals surface area contributed by atoms with Crippen molar-refractivity contribution >= 4 is 23.5 Å². The van der Waals surface area contributed by atoms with Crippen molar-refractivity contribution in [2.24, 2.45) is 0 Å². The summed E-state index contributed by atoms with van der Waals surface area (Å²) < 4.78 is 4.95. The summed E-state index contributed by atoms with van der Waals surface area (Å²) in [6.07, 6.45) is 4.00. The Morgan fingerprint density at radius 2 is 1.96 bits per heavy atom. The van der Waals surface area contributed by atoms with E-state index in [0.717, 1.165) is 5.56 Å². The first-order chi connectivity index (χ1) is 11.0. The number of carboxylic acid groups (broad SMARTS) is 1. The molecule has 1 aromatic heterocycles. The second-order valence-corrected chi connectivity index (χ2v) is 5.69. The average Bonchev–Trinajstić information content (AvgIpc) is 3.05. The van der Waals surface area contributed by atoms with Crippen LogP contribution in [0, 0.1) is 0 Å². The molecule has 0 bridgehead atoms. The number of carboxylic acids is 1. The Kier molecular flexibility index (Phi) is 5.45. The molecule has 0 aliphatic heterocycles. The summed E-state index contributed by atoms with van der Waals surface area (Å²) in [5.74, 6) is -1.43. The highest BCUT2D eigenvalue weighted by molar-refractivity contribution is 6.30. The fourth-order valence-electron chi connectivity index (χ4n) is 2.42. The van der Waals surface area contributed by atoms with Gasteiger partial charge in [0.1, 0.15) is 0 Å². The first-order valence-electron chi connectivity index (χ1n) is 7.29. The smallest absolute Gasteiger partial charge is 0.334 e. The van der Waals surface area contributed by atoms with Crippen LogP contribution in [0.1, 0.15) is 30.9 Å². The minimum absolute atomic E-state index is 0.183. The Morgan fingerprint density at radius 3 is 2.48 bits per heavy atom. The molecule has 6 heteroatoms. The normalized spacial score (nSPS) is 13.3. The molecule has 1 heterocycles. The summed E-state index contributed by atoms with van der Waals surface area (Å²) in [5.41, 5.74) is -0.0736. The standard InChI is InChI=1S/C17H18ClNO4/c1-2-17(16(21)22,13-4-6-14(18)7-5-13)19-15(20)8-3-12-9-10-23-11-12/h4-7,9-11H,2-3,8H2,1H3,(H,19,20)(H,21,22). The first kappa shape index (κ1) is 17.1. The van der Waals surface area contributed by atoms with Crippen molar-refractivity contribution in [3.05, 3.63) is 59.0 Å². The largest absolute Gasteiger partial charge is 0.479 e. The molecule has 0 aliphatic carbocycles. The van der Waals surface area contributed by atoms with Crippen LogP contribution in [0.15, 0.2) is 47.3 Å². The first-order valence-corrected chi connectivity index (χ1v) is 7.67. The van der Waals surface area contributed by atoms with E-state index in [2.05, 4.69) is 5.32 Å². The highest BCUT2D eigenvalue weighted by Gasteiger charge is 2.40. The summed E-state index contributed by atoms with van der Waals surface area (Å²) in [6.45, 7) is 1.72. The molecule has 2 aromatic rings. The number of carbonyl (C=O) groups is 2. The van der Waals surface area contributed by atoms with Gasteiger partial charge in [0.15, 0.2) is 5.54 Å². The molecule has 1 aromatic carbocycles. The van der Waals surface area contributed by atoms with Gasteiger partial charge in [0.2, 0.25) is 5.91 Å². The minimum atomic E-state index is -1.46. The Balaban J connectivity index is 2.16. The van der Waals surface area contributed by atoms with Gasteiger partial charge in [-0.1, -0.05) is 30.7 Å². The van der Waals surface area contributed by atoms with Crippen LogP contribution in [0.3, 0.4) is 0 Å². The highest BCUT2D eigenvalue weighted by Crippen LogP contribution is 2.27. The lowest BCUT2D eigenvalue weighted by Gasteiger charge is -2.30. The third-order valence-electron chi connectivity index (χ3n) is 3.81. The maximum atomic E-state index is 12.2. The lowest BCUT2D eigenvalue weighted by atomic mass is 9.87. The van der Waals surface area contributed by atoms with Crippen LogP contribution >= 0.6 is 11.6 Å². The van der Waals surface area contributed by atoms with Gasteiger partial charge in [-0.2, -0.15) is 0 Å². The molecule has 122 valence electrons. The lowest BCUT2D eigenvalue weighted by molar-refractivity contribution is -0.148. The molecule has 0 spiro atoms. The van der Waals surface area contributed by atoms with Gasteiger partial charge in [0.05, 0.1) is 12.5 Å². The predicted octanol–water partition coefficient (Wildman–Crippen LogP) is 3.37. The van der Waals surface area contributed by atoms with E-state index in [1.54, 1.807) is 43.5 Å². The molecule has 23 heavy (non-hydrogen) atoms. The van der Waals surface area contributed by atoms with Gasteiger partial charge >= 0.3 is 5.97 Å². The highest BCUT2D eigenvalue weighted by atomic mass is 35.5. The van der Waals surface area contributed by atoms with Crippen LogP contribution in [0.5, 0.6) is 0 Å². The number of hydrogen-bond acceptors (Lipinski definition) is 3. The lowest BCUT2D eigenvalue weighted by Crippen LogP contribution is -2.51. The third kappa shape index (κ3) is 3.93. The number of hydrogen-bond donors (Lipinski definition) is 2. The monoisotopic (exact) mass is 335 g/mol. The number of aryl methyl sites for hydroxylation is 1. The van der Waals surface area contributed by atoms with Crippen molar-refractivity contribution < 1.29 is 19.1 Å². The van der Waals surface area contributed by atoms with Crippen LogP contribution in [0.4, 0.5) is 0 Å². The van der Waals surface area contributed by atoms with Crippen LogP contribution in [-0.2, 0) is 21.5 Å². The molecule has 0 saturated carbocycles. The number of rotatable bonds is 7. The van der Waals surface area contributed by atoms with E-state index >= 15 is 0 Å². The molecule has 2 N–H and O–H groups in total. The summed E-state index contributed by atoms with van der Waals surface area (Å²) in [5, 5.41) is 12.9. The quantitative estimate of drug-likeness (QED) is 0.813. The van der Waals surface area contributed by atoms with Crippen LogP contribution in [0.2, 0.25) is 5.02 Å². The fraction of sp³-hybridized carbons (Fsp3) is 0.294. The molecule has 0 saturated heterocycles. The molecular formula is C17H18ClNO4. The van der Waals surface area contributed by atoms with Gasteiger partial charge in [0.25, 0.3) is 0 Å². The molecule has 2 rings (SSSR count). The van der Waals surface area contributed by atoms with E-state index in [9.17, 15) is 14.7 Å². The number of nitrogens with one attached hydrogen (secondary N) is 1. The topological polar surface area (TPSA) is 79.5 Å². The number of amides is 1. The van der Waals surface area contributed by atoms with Crippen molar-refractivity contribution in [3.8, 4) is 0 Å². The van der Waals surface area contributed by atoms with Gasteiger partial charge in [-0.15, -0.1) is 0 Å². The second kappa shape index (κ2) is 7.33. The van der Waals surface area contributed by atoms with Crippen molar-refractivity contribution in [2.75, 3.05) is 0 Å². The van der Waals surface area contributed by atoms with E-state index in [4.69, 9.17) is 16.0 Å². The Morgan fingerprint density at radius 1 is 1.26 bits per heavy atom. The molecule has 0 aliphatic rings. The molecule has 0 fully saturated rings. The zero-order valence-electron chi connectivity index (χ0n) is 12.7. The number of aliphatic carboxylic acids is 1. The van der Waals surface area contributed by atoms with Crippen molar-refractivity contribution in [1.29, 1.82) is 0 Å². The fourth-order valence-corrected chi connectivity index (χ4v) is 2.55. The number of carbonyl (C=O) groups excluding carboxylic acids is 1. The summed E-state index contributed by atoms with van der Waals surface area (Å²) in [7, 11) is 0. The molecule has 5 nitrogen and oxygen atoms in total. The van der Waals surface area contributed by atoms with E-state index in [-0.39, 0.29) is 18.7 Å². The maximum Gasteiger partial charge on any atom is 0.334 e. The van der Waals surface area contributed by atoms with Gasteiger partial charge in [-0.25, -0.2) is 4.79 Å². The summed E-state index contributed by atoms with van der Waals surface area (Å²) >= 11 is 5.85. The molecular weight excluding hydrogens is 318 g/mol. The molecule has 1 unspecified atom stereocenters. The van der Waals surface area contributed by atoms with Crippen LogP contribution < -0.4 is 5.32 Å². The van der Waals surface area contributed by atoms with Gasteiger partial charge in [-0.05, 0) is 42.2 Å². The summed E-state index contributed by atoms with van der Waals surface area (Å²) in [4.78, 5) is 24.1. The van der Waals surface area contributed by atoms with Crippen LogP contribution in [0.25, 0.3) is 0 Å². The molecule has 1 amide bonds. The molecule has 1 atom stereocenters. The van der Waals surface area contributed by atoms with E-state index < -0.39 is 11.5 Å². The summed E-state index contributed by atoms with van der Waals surface area (Å²) in [6, 6.07) is 8.24. The van der Waals surface area contributed by atoms with Gasteiger partial charge in [0, 0.05) is 11.4 Å². The van der Waals surface area contributed by atoms with E-state index in [0.29, 0.717) is 17.0 Å². The number of furan rings is 1. The van der Waals surface area contributed by atoms with Gasteiger partial charge < -0.3 is 14.8 Å². The van der Waals surface area contributed by atoms with Crippen LogP contribution in [-0.4, -0.2) is 17.0 Å². The minimum Gasteiger partial charge on any atom is -0.479 e. The van der Waals surface area contributed by atoms with Gasteiger partial charge in [-0.3, -0.25) is 4.79 Å². The van der Waals surface area contributed by atoms with E-state index in [1.165, 1.54) is 6.26 Å². The van der Waals surface area contributed by atoms with Crippen molar-refractivity contribution in [2.45, 2.75) is 31.7 Å². The van der Waals surface area contributed by atoms with E-state index in [1.807, 2.05) is 0 Å². The zero-order chi connectivity index (χ0) is 16.9. The SMILES string of the molecule is CCC(NC(=O)CCc1ccoc1)(C(=O)O)c1ccc(Cl)cc1. The molecule has 0 radical (unpaired) electrons. The zero-order valence-corrected chi connectivity index (χ0v) is 13.5. The Hall–Kier alpha value is -2.27. The second-order valence-electron chi connectivity index (χ2n) is 5.25. The predicted molar refractivity (Wildman–Crippen MR) is 86.2 cm³/mol. The van der Waals surface area contributed by atoms with Crippen molar-refractivity contribution in [1.82, 2.24) is 5.32 Å². The maximum absolute atomic E-state index is 12.2. The number of halogens is 1.